The summed E-state index contributed by atoms with van der Waals surface area (Å²) in [5, 5.41) is 0. The van der Waals surface area contributed by atoms with Crippen LogP contribution in [0.2, 0.25) is 0 Å². The summed E-state index contributed by atoms with van der Waals surface area (Å²) in [7, 11) is 0. The number of fused-ring (bicyclic) bond motifs is 3. The fraction of sp³-hybridized carbons (Fsp3) is 0.235. The maximum absolute atomic E-state index is 13.0. The summed E-state index contributed by atoms with van der Waals surface area (Å²) in [6.07, 6.45) is 0.821. The third-order valence-electron chi connectivity index (χ3n) is 3.86. The predicted octanol–water partition coefficient (Wildman–Crippen LogP) is 4.68. The number of hydrogen-bond donors (Lipinski definition) is 0. The summed E-state index contributed by atoms with van der Waals surface area (Å²) in [6.45, 7) is 3.81. The third kappa shape index (κ3) is 1.96. The molecule has 3 rings (SSSR count). The molecule has 0 spiro atoms. The zero-order valence-corrected chi connectivity index (χ0v) is 10.7. The van der Waals surface area contributed by atoms with Crippen molar-refractivity contribution in [2.24, 2.45) is 0 Å². The molecule has 0 saturated carbocycles. The van der Waals surface area contributed by atoms with Crippen molar-refractivity contribution < 1.29 is 9.47 Å². The molecule has 1 unspecified atom stereocenters. The molecular weight excluding hydrogens is 239 g/mol. The Morgan fingerprint density at radius 1 is 1.00 bits per heavy atom. The zero-order valence-electron chi connectivity index (χ0n) is 10.7. The Bertz CT molecular complexity index is 533. The molecule has 0 fully saturated rings. The summed E-state index contributed by atoms with van der Waals surface area (Å²) in [5.74, 6) is -0.0286. The highest BCUT2D eigenvalue weighted by Crippen LogP contribution is 2.47. The van der Waals surface area contributed by atoms with Gasteiger partial charge in [-0.3, -0.25) is 0 Å². The minimum atomic E-state index is -0.456. The Balaban J connectivity index is 2.14. The molecule has 0 heterocycles. The van der Waals surface area contributed by atoms with Crippen molar-refractivity contribution in [2.75, 3.05) is 0 Å². The molecule has 1 radical (unpaired) electrons. The van der Waals surface area contributed by atoms with Crippen LogP contribution >= 0.6 is 0 Å². The summed E-state index contributed by atoms with van der Waals surface area (Å²) in [5.41, 5.74) is 4.68. The second kappa shape index (κ2) is 5.14. The highest BCUT2D eigenvalue weighted by molar-refractivity contribution is 5.79. The van der Waals surface area contributed by atoms with Crippen molar-refractivity contribution in [3.8, 4) is 11.1 Å². The zero-order chi connectivity index (χ0) is 13.2. The van der Waals surface area contributed by atoms with Crippen molar-refractivity contribution in [3.63, 3.8) is 0 Å². The van der Waals surface area contributed by atoms with Gasteiger partial charge in [0, 0.05) is 5.92 Å². The molecule has 2 heteroatoms. The van der Waals surface area contributed by atoms with Gasteiger partial charge < -0.3 is 0 Å². The number of benzene rings is 2. The Labute approximate surface area is 112 Å². The van der Waals surface area contributed by atoms with Gasteiger partial charge in [0.25, 0.3) is 0 Å². The highest BCUT2D eigenvalue weighted by atomic mass is 19.3. The van der Waals surface area contributed by atoms with Gasteiger partial charge in [-0.2, -0.15) is 4.94 Å². The highest BCUT2D eigenvalue weighted by Gasteiger charge is 2.34. The smallest absolute Gasteiger partial charge is 0.109 e. The first-order chi connectivity index (χ1) is 9.36. The second-order valence-corrected chi connectivity index (χ2v) is 4.92. The molecule has 1 nitrogen and oxygen atoms in total. The van der Waals surface area contributed by atoms with Gasteiger partial charge in [-0.15, -0.1) is 0 Å². The van der Waals surface area contributed by atoms with E-state index in [1.165, 1.54) is 11.1 Å². The van der Waals surface area contributed by atoms with Crippen molar-refractivity contribution >= 4 is 0 Å². The largest absolute Gasteiger partial charge is 0.190 e. The normalized spacial score (nSPS) is 15.1. The summed E-state index contributed by atoms with van der Waals surface area (Å²) >= 11 is 0. The Morgan fingerprint density at radius 3 is 2.00 bits per heavy atom. The van der Waals surface area contributed by atoms with E-state index < -0.39 is 6.10 Å². The van der Waals surface area contributed by atoms with Gasteiger partial charge in [-0.05, 0) is 33.2 Å². The van der Waals surface area contributed by atoms with Crippen LogP contribution in [0.1, 0.15) is 29.9 Å². The van der Waals surface area contributed by atoms with E-state index in [2.05, 4.69) is 36.1 Å². The molecule has 1 aliphatic rings. The molecule has 2 aromatic carbocycles. The Morgan fingerprint density at radius 2 is 1.53 bits per heavy atom. The molecule has 1 aliphatic carbocycles. The molecule has 0 aliphatic heterocycles. The molecule has 0 N–H and O–H groups in total. The predicted molar refractivity (Wildman–Crippen MR) is 74.3 cm³/mol. The second-order valence-electron chi connectivity index (χ2n) is 4.92. The fourth-order valence-electron chi connectivity index (χ4n) is 3.06. The average Bonchev–Trinajstić information content (AvgIpc) is 2.80. The van der Waals surface area contributed by atoms with Gasteiger partial charge in [-0.1, -0.05) is 61.9 Å². The number of rotatable bonds is 4. The lowest BCUT2D eigenvalue weighted by Crippen LogP contribution is -2.19. The molecule has 1 atom stereocenters. The molecule has 19 heavy (non-hydrogen) atoms. The fourth-order valence-corrected chi connectivity index (χ4v) is 3.06. The van der Waals surface area contributed by atoms with Crippen LogP contribution in [-0.2, 0) is 4.94 Å². The monoisotopic (exact) mass is 255 g/mol. The lowest BCUT2D eigenvalue weighted by Gasteiger charge is -2.21. The molecule has 0 bridgehead atoms. The molecule has 2 aromatic rings. The Hall–Kier alpha value is -1.67. The van der Waals surface area contributed by atoms with Crippen LogP contribution in [-0.4, -0.2) is 6.10 Å². The standard InChI is InChI=1S/C17H16FO/c1-2-7-16(19-18)17-14-10-5-3-8-12(14)13-9-4-6-11-15(13)17/h3-6,8-11,16-17H,1-2,7H2. The summed E-state index contributed by atoms with van der Waals surface area (Å²) < 4.78 is 13.0. The van der Waals surface area contributed by atoms with E-state index in [0.717, 1.165) is 11.1 Å². The van der Waals surface area contributed by atoms with E-state index >= 15 is 0 Å². The van der Waals surface area contributed by atoms with Crippen molar-refractivity contribution in [1.82, 2.24) is 0 Å². The molecule has 97 valence electrons. The van der Waals surface area contributed by atoms with E-state index in [1.54, 1.807) is 0 Å². The van der Waals surface area contributed by atoms with Gasteiger partial charge in [0.05, 0.1) is 0 Å². The lowest BCUT2D eigenvalue weighted by molar-refractivity contribution is -0.184. The van der Waals surface area contributed by atoms with Crippen LogP contribution in [0.15, 0.2) is 48.5 Å². The maximum atomic E-state index is 13.0. The van der Waals surface area contributed by atoms with Crippen LogP contribution in [0.4, 0.5) is 4.53 Å². The Kier molecular flexibility index (Phi) is 3.34. The van der Waals surface area contributed by atoms with E-state index in [9.17, 15) is 4.53 Å². The van der Waals surface area contributed by atoms with E-state index in [-0.39, 0.29) is 5.92 Å². The van der Waals surface area contributed by atoms with Crippen molar-refractivity contribution in [3.05, 3.63) is 66.6 Å². The van der Waals surface area contributed by atoms with Gasteiger partial charge in [-0.25, -0.2) is 0 Å². The van der Waals surface area contributed by atoms with Gasteiger partial charge >= 0.3 is 0 Å². The first-order valence-corrected chi connectivity index (χ1v) is 6.61. The van der Waals surface area contributed by atoms with Crippen LogP contribution in [0.5, 0.6) is 0 Å². The SMILES string of the molecule is [CH2]CCC(OF)C1c2ccccc2-c2ccccc21. The molecule has 0 amide bonds. The van der Waals surface area contributed by atoms with E-state index in [4.69, 9.17) is 0 Å². The van der Waals surface area contributed by atoms with Crippen LogP contribution < -0.4 is 0 Å². The quantitative estimate of drug-likeness (QED) is 0.770. The van der Waals surface area contributed by atoms with Crippen LogP contribution in [0.3, 0.4) is 0 Å². The van der Waals surface area contributed by atoms with Gasteiger partial charge in [0.2, 0.25) is 0 Å². The van der Waals surface area contributed by atoms with Crippen molar-refractivity contribution in [1.29, 1.82) is 0 Å². The minimum Gasteiger partial charge on any atom is -0.190 e. The summed E-state index contributed by atoms with van der Waals surface area (Å²) in [6, 6.07) is 16.3. The molecular formula is C17H16FO. The summed E-state index contributed by atoms with van der Waals surface area (Å²) in [4.78, 5) is 4.25. The van der Waals surface area contributed by atoms with E-state index in [0.29, 0.717) is 12.8 Å². The van der Waals surface area contributed by atoms with Crippen molar-refractivity contribution in [2.45, 2.75) is 24.9 Å². The van der Waals surface area contributed by atoms with E-state index in [1.807, 2.05) is 24.3 Å². The third-order valence-corrected chi connectivity index (χ3v) is 3.86. The minimum absolute atomic E-state index is 0.0286. The first kappa shape index (κ1) is 12.4. The van der Waals surface area contributed by atoms with Crippen LogP contribution in [0.25, 0.3) is 11.1 Å². The van der Waals surface area contributed by atoms with Gasteiger partial charge in [0.15, 0.2) is 0 Å². The topological polar surface area (TPSA) is 9.23 Å². The number of hydrogen-bond acceptors (Lipinski definition) is 1. The van der Waals surface area contributed by atoms with Gasteiger partial charge in [0.1, 0.15) is 6.10 Å². The maximum Gasteiger partial charge on any atom is 0.109 e. The first-order valence-electron chi connectivity index (χ1n) is 6.61. The average molecular weight is 255 g/mol. The molecule has 0 saturated heterocycles. The lowest BCUT2D eigenvalue weighted by atomic mass is 9.89. The van der Waals surface area contributed by atoms with Crippen LogP contribution in [0, 0.1) is 6.92 Å². The number of halogens is 1. The molecule has 0 aromatic heterocycles.